The first-order chi connectivity index (χ1) is 9.24. The SMILES string of the molecule is COc1c(C2(N)CCCCC2)ccc2c1OCCO2. The van der Waals surface area contributed by atoms with Crippen LogP contribution in [0.2, 0.25) is 0 Å². The van der Waals surface area contributed by atoms with Gasteiger partial charge < -0.3 is 19.9 Å². The van der Waals surface area contributed by atoms with E-state index in [0.29, 0.717) is 19.0 Å². The van der Waals surface area contributed by atoms with Crippen LogP contribution in [-0.4, -0.2) is 20.3 Å². The highest BCUT2D eigenvalue weighted by Crippen LogP contribution is 2.47. The van der Waals surface area contributed by atoms with E-state index < -0.39 is 0 Å². The van der Waals surface area contributed by atoms with Gasteiger partial charge in [-0.05, 0) is 25.0 Å². The van der Waals surface area contributed by atoms with Crippen molar-refractivity contribution in [3.05, 3.63) is 17.7 Å². The van der Waals surface area contributed by atoms with Gasteiger partial charge in [0.1, 0.15) is 13.2 Å². The molecule has 104 valence electrons. The van der Waals surface area contributed by atoms with Gasteiger partial charge in [-0.25, -0.2) is 0 Å². The Bertz CT molecular complexity index is 467. The summed E-state index contributed by atoms with van der Waals surface area (Å²) in [7, 11) is 1.67. The Morgan fingerprint density at radius 3 is 2.58 bits per heavy atom. The van der Waals surface area contributed by atoms with Gasteiger partial charge in [0.2, 0.25) is 5.75 Å². The lowest BCUT2D eigenvalue weighted by atomic mass is 9.77. The molecule has 4 nitrogen and oxygen atoms in total. The van der Waals surface area contributed by atoms with Gasteiger partial charge in [-0.1, -0.05) is 19.3 Å². The van der Waals surface area contributed by atoms with Gasteiger partial charge in [0.15, 0.2) is 11.5 Å². The lowest BCUT2D eigenvalue weighted by Crippen LogP contribution is -2.39. The summed E-state index contributed by atoms with van der Waals surface area (Å²) in [6.45, 7) is 1.15. The Kier molecular flexibility index (Phi) is 3.27. The van der Waals surface area contributed by atoms with E-state index in [4.69, 9.17) is 19.9 Å². The molecule has 0 aromatic heterocycles. The summed E-state index contributed by atoms with van der Waals surface area (Å²) in [5.41, 5.74) is 7.38. The van der Waals surface area contributed by atoms with Crippen molar-refractivity contribution in [1.82, 2.24) is 0 Å². The largest absolute Gasteiger partial charge is 0.492 e. The van der Waals surface area contributed by atoms with Crippen LogP contribution in [0, 0.1) is 0 Å². The molecular formula is C15H21NO3. The molecule has 1 saturated carbocycles. The van der Waals surface area contributed by atoms with Crippen molar-refractivity contribution in [3.8, 4) is 17.2 Å². The second kappa shape index (κ2) is 4.93. The predicted molar refractivity (Wildman–Crippen MR) is 72.9 cm³/mol. The predicted octanol–water partition coefficient (Wildman–Crippen LogP) is 2.58. The van der Waals surface area contributed by atoms with Crippen LogP contribution in [0.3, 0.4) is 0 Å². The molecule has 1 heterocycles. The smallest absolute Gasteiger partial charge is 0.204 e. The fourth-order valence-corrected chi connectivity index (χ4v) is 3.14. The molecule has 0 amide bonds. The summed E-state index contributed by atoms with van der Waals surface area (Å²) >= 11 is 0. The Balaban J connectivity index is 2.05. The van der Waals surface area contributed by atoms with Crippen molar-refractivity contribution in [2.24, 2.45) is 5.73 Å². The zero-order valence-corrected chi connectivity index (χ0v) is 11.4. The fourth-order valence-electron chi connectivity index (χ4n) is 3.14. The minimum absolute atomic E-state index is 0.292. The molecule has 1 aliphatic heterocycles. The first-order valence-electron chi connectivity index (χ1n) is 7.00. The summed E-state index contributed by atoms with van der Waals surface area (Å²) in [6, 6.07) is 3.99. The van der Waals surface area contributed by atoms with E-state index in [-0.39, 0.29) is 5.54 Å². The van der Waals surface area contributed by atoms with Crippen LogP contribution in [0.15, 0.2) is 12.1 Å². The average Bonchev–Trinajstić information content (AvgIpc) is 2.46. The molecule has 1 aromatic carbocycles. The standard InChI is InChI=1S/C15H21NO3/c1-17-13-11(15(16)7-3-2-4-8-15)5-6-12-14(13)19-10-9-18-12/h5-6H,2-4,7-10,16H2,1H3. The number of ether oxygens (including phenoxy) is 3. The van der Waals surface area contributed by atoms with E-state index in [2.05, 4.69) is 0 Å². The Labute approximate surface area is 113 Å². The second-order valence-electron chi connectivity index (χ2n) is 5.39. The second-order valence-corrected chi connectivity index (χ2v) is 5.39. The maximum Gasteiger partial charge on any atom is 0.204 e. The number of hydrogen-bond donors (Lipinski definition) is 1. The summed E-state index contributed by atoms with van der Waals surface area (Å²) in [5, 5.41) is 0. The molecule has 0 spiro atoms. The van der Waals surface area contributed by atoms with E-state index >= 15 is 0 Å². The minimum atomic E-state index is -0.292. The Hall–Kier alpha value is -1.42. The highest BCUT2D eigenvalue weighted by molar-refractivity contribution is 5.58. The van der Waals surface area contributed by atoms with Crippen LogP contribution < -0.4 is 19.9 Å². The third-order valence-electron chi connectivity index (χ3n) is 4.15. The molecule has 0 atom stereocenters. The number of hydrogen-bond acceptors (Lipinski definition) is 4. The fraction of sp³-hybridized carbons (Fsp3) is 0.600. The van der Waals surface area contributed by atoms with Crippen LogP contribution in [0.25, 0.3) is 0 Å². The third-order valence-corrected chi connectivity index (χ3v) is 4.15. The third kappa shape index (κ3) is 2.14. The molecule has 19 heavy (non-hydrogen) atoms. The van der Waals surface area contributed by atoms with Crippen LogP contribution >= 0.6 is 0 Å². The molecule has 2 aliphatic rings. The first-order valence-corrected chi connectivity index (χ1v) is 7.00. The molecule has 1 fully saturated rings. The number of fused-ring (bicyclic) bond motifs is 1. The molecule has 0 radical (unpaired) electrons. The minimum Gasteiger partial charge on any atom is -0.492 e. The monoisotopic (exact) mass is 263 g/mol. The molecule has 0 unspecified atom stereocenters. The summed E-state index contributed by atoms with van der Waals surface area (Å²) in [6.07, 6.45) is 5.63. The van der Waals surface area contributed by atoms with E-state index in [1.807, 2.05) is 12.1 Å². The lowest BCUT2D eigenvalue weighted by Gasteiger charge is -2.36. The van der Waals surface area contributed by atoms with Crippen molar-refractivity contribution < 1.29 is 14.2 Å². The van der Waals surface area contributed by atoms with E-state index in [1.54, 1.807) is 7.11 Å². The van der Waals surface area contributed by atoms with Gasteiger partial charge in [0, 0.05) is 11.1 Å². The quantitative estimate of drug-likeness (QED) is 0.891. The summed E-state index contributed by atoms with van der Waals surface area (Å²) < 4.78 is 16.9. The molecular weight excluding hydrogens is 242 g/mol. The number of nitrogens with two attached hydrogens (primary N) is 1. The molecule has 3 rings (SSSR count). The van der Waals surface area contributed by atoms with Crippen molar-refractivity contribution in [1.29, 1.82) is 0 Å². The van der Waals surface area contributed by atoms with Gasteiger partial charge >= 0.3 is 0 Å². The highest BCUT2D eigenvalue weighted by atomic mass is 16.6. The van der Waals surface area contributed by atoms with Crippen LogP contribution in [0.4, 0.5) is 0 Å². The van der Waals surface area contributed by atoms with Gasteiger partial charge in [0.05, 0.1) is 7.11 Å². The molecule has 2 N–H and O–H groups in total. The molecule has 1 aromatic rings. The lowest BCUT2D eigenvalue weighted by molar-refractivity contribution is 0.163. The summed E-state index contributed by atoms with van der Waals surface area (Å²) in [4.78, 5) is 0. The molecule has 0 bridgehead atoms. The van der Waals surface area contributed by atoms with Gasteiger partial charge in [0.25, 0.3) is 0 Å². The van der Waals surface area contributed by atoms with E-state index in [9.17, 15) is 0 Å². The molecule has 1 aliphatic carbocycles. The van der Waals surface area contributed by atoms with E-state index in [0.717, 1.165) is 29.9 Å². The van der Waals surface area contributed by atoms with Gasteiger partial charge in [-0.15, -0.1) is 0 Å². The van der Waals surface area contributed by atoms with Crippen molar-refractivity contribution in [2.45, 2.75) is 37.6 Å². The number of methoxy groups -OCH3 is 1. The van der Waals surface area contributed by atoms with Crippen LogP contribution in [0.5, 0.6) is 17.2 Å². The van der Waals surface area contributed by atoms with Crippen LogP contribution in [0.1, 0.15) is 37.7 Å². The molecule has 0 saturated heterocycles. The van der Waals surface area contributed by atoms with Gasteiger partial charge in [-0.3, -0.25) is 0 Å². The Morgan fingerprint density at radius 1 is 1.11 bits per heavy atom. The maximum absolute atomic E-state index is 6.61. The first kappa shape index (κ1) is 12.6. The van der Waals surface area contributed by atoms with Gasteiger partial charge in [-0.2, -0.15) is 0 Å². The molecule has 4 heteroatoms. The van der Waals surface area contributed by atoms with E-state index in [1.165, 1.54) is 19.3 Å². The normalized spacial score (nSPS) is 20.9. The summed E-state index contributed by atoms with van der Waals surface area (Å²) in [5.74, 6) is 2.22. The number of benzene rings is 1. The van der Waals surface area contributed by atoms with Crippen molar-refractivity contribution in [3.63, 3.8) is 0 Å². The number of rotatable bonds is 2. The van der Waals surface area contributed by atoms with Crippen molar-refractivity contribution in [2.75, 3.05) is 20.3 Å². The van der Waals surface area contributed by atoms with Crippen molar-refractivity contribution >= 4 is 0 Å². The Morgan fingerprint density at radius 2 is 1.84 bits per heavy atom. The zero-order chi connectivity index (χ0) is 13.3. The highest BCUT2D eigenvalue weighted by Gasteiger charge is 2.34. The average molecular weight is 263 g/mol. The van der Waals surface area contributed by atoms with Crippen LogP contribution in [-0.2, 0) is 5.54 Å². The zero-order valence-electron chi connectivity index (χ0n) is 11.4. The topological polar surface area (TPSA) is 53.7 Å². The maximum atomic E-state index is 6.61.